The summed E-state index contributed by atoms with van der Waals surface area (Å²) in [6.45, 7) is 4.56. The lowest BCUT2D eigenvalue weighted by atomic mass is 9.65. The highest BCUT2D eigenvalue weighted by Crippen LogP contribution is 2.51. The third kappa shape index (κ3) is 2.23. The number of halogens is 2. The van der Waals surface area contributed by atoms with Gasteiger partial charge in [-0.25, -0.2) is 0 Å². The summed E-state index contributed by atoms with van der Waals surface area (Å²) in [4.78, 5) is 12.6. The third-order valence-corrected chi connectivity index (χ3v) is 6.70. The molecule has 0 bridgehead atoms. The molecule has 0 fully saturated rings. The minimum absolute atomic E-state index is 0.0941. The average Bonchev–Trinajstić information content (AvgIpc) is 2.91. The van der Waals surface area contributed by atoms with Crippen molar-refractivity contribution >= 4 is 43.7 Å². The number of hydrogen-bond donors (Lipinski definition) is 0. The highest BCUT2D eigenvalue weighted by molar-refractivity contribution is 9.12. The fourth-order valence-corrected chi connectivity index (χ4v) is 5.33. The molecule has 4 aliphatic rings. The molecule has 0 saturated heterocycles. The van der Waals surface area contributed by atoms with E-state index < -0.39 is 0 Å². The molecule has 0 aliphatic heterocycles. The van der Waals surface area contributed by atoms with Crippen LogP contribution in [0, 0.1) is 0 Å². The van der Waals surface area contributed by atoms with Crippen LogP contribution in [0.3, 0.4) is 0 Å². The van der Waals surface area contributed by atoms with Crippen molar-refractivity contribution in [1.82, 2.24) is 0 Å². The summed E-state index contributed by atoms with van der Waals surface area (Å²) in [6.07, 6.45) is 11.3. The van der Waals surface area contributed by atoms with Crippen molar-refractivity contribution in [2.24, 2.45) is 0 Å². The minimum atomic E-state index is -0.0944. The first-order valence-corrected chi connectivity index (χ1v) is 10.2. The van der Waals surface area contributed by atoms with E-state index in [1.165, 1.54) is 27.8 Å². The third-order valence-electron chi connectivity index (χ3n) is 5.75. The van der Waals surface area contributed by atoms with Gasteiger partial charge >= 0.3 is 0 Å². The van der Waals surface area contributed by atoms with Gasteiger partial charge < -0.3 is 0 Å². The standard InChI is InChI=1S/C23H16Br2O/c1-23(2)19-9-16(24)4-3-12(19)5-14-6-13-7-15-8-17(25)10-21(26)22(15)18(13)11-20(14)23/h3-5,7-11H,6H2,1-2H3. The number of carbonyl (C=O) groups excluding carboxylic acids is 1. The molecule has 1 aromatic carbocycles. The summed E-state index contributed by atoms with van der Waals surface area (Å²) in [5.41, 5.74) is 9.45. The van der Waals surface area contributed by atoms with Crippen molar-refractivity contribution in [2.75, 3.05) is 0 Å². The van der Waals surface area contributed by atoms with Gasteiger partial charge in [0.1, 0.15) is 0 Å². The molecule has 1 nitrogen and oxygen atoms in total. The number of allylic oxidation sites excluding steroid dienone is 11. The van der Waals surface area contributed by atoms with Crippen LogP contribution in [0.15, 0.2) is 84.9 Å². The smallest absolute Gasteiger partial charge is 0.188 e. The van der Waals surface area contributed by atoms with E-state index in [1.54, 1.807) is 6.08 Å². The highest BCUT2D eigenvalue weighted by atomic mass is 79.9. The van der Waals surface area contributed by atoms with E-state index in [2.05, 4.69) is 82.1 Å². The van der Waals surface area contributed by atoms with Crippen molar-refractivity contribution in [2.45, 2.75) is 25.7 Å². The van der Waals surface area contributed by atoms with Crippen LogP contribution in [0.2, 0.25) is 0 Å². The Morgan fingerprint density at radius 1 is 0.962 bits per heavy atom. The number of benzene rings is 1. The molecule has 0 radical (unpaired) electrons. The number of rotatable bonds is 0. The quantitative estimate of drug-likeness (QED) is 0.426. The zero-order chi connectivity index (χ0) is 18.2. The van der Waals surface area contributed by atoms with Crippen LogP contribution in [0.5, 0.6) is 0 Å². The molecule has 5 rings (SSSR count). The molecule has 0 aromatic heterocycles. The molecule has 0 saturated carbocycles. The van der Waals surface area contributed by atoms with Gasteiger partial charge in [-0.1, -0.05) is 57.8 Å². The average molecular weight is 468 g/mol. The first-order valence-electron chi connectivity index (χ1n) is 8.66. The van der Waals surface area contributed by atoms with Gasteiger partial charge in [0.25, 0.3) is 0 Å². The number of carbonyl (C=O) groups is 1. The van der Waals surface area contributed by atoms with Crippen LogP contribution in [0.4, 0.5) is 0 Å². The van der Waals surface area contributed by atoms with Crippen molar-refractivity contribution in [3.05, 3.63) is 96.0 Å². The normalized spacial score (nSPS) is 22.3. The van der Waals surface area contributed by atoms with E-state index in [0.29, 0.717) is 0 Å². The van der Waals surface area contributed by atoms with Crippen molar-refractivity contribution < 1.29 is 4.79 Å². The maximum absolute atomic E-state index is 12.6. The molecule has 0 amide bonds. The number of ketones is 1. The maximum Gasteiger partial charge on any atom is 0.188 e. The molecule has 0 N–H and O–H groups in total. The lowest BCUT2D eigenvalue weighted by Crippen LogP contribution is -2.28. The van der Waals surface area contributed by atoms with Gasteiger partial charge in [0.2, 0.25) is 0 Å². The second-order valence-electron chi connectivity index (χ2n) is 7.71. The zero-order valence-electron chi connectivity index (χ0n) is 14.5. The van der Waals surface area contributed by atoms with Gasteiger partial charge in [-0.15, -0.1) is 0 Å². The molecule has 0 heterocycles. The summed E-state index contributed by atoms with van der Waals surface area (Å²) in [5.74, 6) is 0.0941. The van der Waals surface area contributed by atoms with Crippen molar-refractivity contribution in [3.63, 3.8) is 0 Å². The second kappa shape index (κ2) is 5.40. The summed E-state index contributed by atoms with van der Waals surface area (Å²) in [5, 5.41) is 0. The van der Waals surface area contributed by atoms with E-state index in [4.69, 9.17) is 0 Å². The Bertz CT molecular complexity index is 1100. The lowest BCUT2D eigenvalue weighted by Gasteiger charge is -2.38. The van der Waals surface area contributed by atoms with Crippen LogP contribution < -0.4 is 0 Å². The molecule has 0 spiro atoms. The Balaban J connectivity index is 1.75. The molecule has 3 heteroatoms. The van der Waals surface area contributed by atoms with Crippen LogP contribution >= 0.6 is 31.9 Å². The Hall–Kier alpha value is -1.71. The number of fused-ring (bicyclic) bond motifs is 4. The first-order chi connectivity index (χ1) is 12.3. The van der Waals surface area contributed by atoms with Gasteiger partial charge in [0.05, 0.1) is 0 Å². The fraction of sp³-hybridized carbons (Fsp3) is 0.174. The molecule has 4 aliphatic carbocycles. The lowest BCUT2D eigenvalue weighted by molar-refractivity contribution is -0.111. The van der Waals surface area contributed by atoms with Gasteiger partial charge in [-0.05, 0) is 75.8 Å². The summed E-state index contributed by atoms with van der Waals surface area (Å²) < 4.78 is 1.95. The Kier molecular flexibility index (Phi) is 3.42. The van der Waals surface area contributed by atoms with E-state index in [1.807, 2.05) is 6.08 Å². The number of hydrogen-bond acceptors (Lipinski definition) is 1. The molecular formula is C23H16Br2O. The summed E-state index contributed by atoms with van der Waals surface area (Å²) >= 11 is 7.06. The fourth-order valence-electron chi connectivity index (χ4n) is 4.52. The van der Waals surface area contributed by atoms with Crippen molar-refractivity contribution in [3.8, 4) is 0 Å². The van der Waals surface area contributed by atoms with Gasteiger partial charge in [-0.2, -0.15) is 0 Å². The molecule has 0 atom stereocenters. The Labute approximate surface area is 169 Å². The maximum atomic E-state index is 12.6. The molecule has 0 unspecified atom stereocenters. The highest BCUT2D eigenvalue weighted by Gasteiger charge is 2.38. The molecule has 26 heavy (non-hydrogen) atoms. The summed E-state index contributed by atoms with van der Waals surface area (Å²) in [6, 6.07) is 6.51. The minimum Gasteiger partial charge on any atom is -0.289 e. The zero-order valence-corrected chi connectivity index (χ0v) is 17.7. The van der Waals surface area contributed by atoms with Crippen molar-refractivity contribution in [1.29, 1.82) is 0 Å². The van der Waals surface area contributed by atoms with Crippen LogP contribution in [-0.4, -0.2) is 5.78 Å². The van der Waals surface area contributed by atoms with E-state index in [-0.39, 0.29) is 11.2 Å². The predicted octanol–water partition coefficient (Wildman–Crippen LogP) is 6.48. The molecule has 128 valence electrons. The first kappa shape index (κ1) is 16.5. The van der Waals surface area contributed by atoms with Crippen LogP contribution in [0.25, 0.3) is 6.08 Å². The SMILES string of the molecule is CC1(C)C2=CC3=C4C(=O)C=C(Br)C=C4C=C3CC2=Cc2ccc(Br)cc21. The largest absolute Gasteiger partial charge is 0.289 e. The molecule has 1 aromatic rings. The second-order valence-corrected chi connectivity index (χ2v) is 9.54. The van der Waals surface area contributed by atoms with E-state index in [9.17, 15) is 4.79 Å². The van der Waals surface area contributed by atoms with Crippen LogP contribution in [-0.2, 0) is 10.2 Å². The monoisotopic (exact) mass is 466 g/mol. The van der Waals surface area contributed by atoms with E-state index >= 15 is 0 Å². The van der Waals surface area contributed by atoms with Gasteiger partial charge in [0.15, 0.2) is 5.78 Å². The Morgan fingerprint density at radius 3 is 2.58 bits per heavy atom. The predicted molar refractivity (Wildman–Crippen MR) is 113 cm³/mol. The molecular weight excluding hydrogens is 452 g/mol. The van der Waals surface area contributed by atoms with Gasteiger partial charge in [0, 0.05) is 26.0 Å². The van der Waals surface area contributed by atoms with E-state index in [0.717, 1.165) is 32.1 Å². The Morgan fingerprint density at radius 2 is 1.77 bits per heavy atom. The van der Waals surface area contributed by atoms with Gasteiger partial charge in [-0.3, -0.25) is 4.79 Å². The summed E-state index contributed by atoms with van der Waals surface area (Å²) in [7, 11) is 0. The van der Waals surface area contributed by atoms with Crippen LogP contribution in [0.1, 0.15) is 31.4 Å². The topological polar surface area (TPSA) is 17.1 Å².